The van der Waals surface area contributed by atoms with Gasteiger partial charge in [0.1, 0.15) is 5.60 Å². The Hall–Kier alpha value is -3.14. The highest BCUT2D eigenvalue weighted by atomic mass is 32.2. The molecular formula is C30H26O2S. The Morgan fingerprint density at radius 2 is 1.18 bits per heavy atom. The summed E-state index contributed by atoms with van der Waals surface area (Å²) in [5.74, 6) is -0.635. The van der Waals surface area contributed by atoms with Gasteiger partial charge in [0.15, 0.2) is 5.78 Å². The van der Waals surface area contributed by atoms with E-state index in [4.69, 9.17) is 0 Å². The lowest BCUT2D eigenvalue weighted by molar-refractivity contribution is -0.0284. The second kappa shape index (κ2) is 9.38. The van der Waals surface area contributed by atoms with Crippen LogP contribution in [0.2, 0.25) is 0 Å². The molecule has 0 bridgehead atoms. The summed E-state index contributed by atoms with van der Waals surface area (Å²) in [6.07, 6.45) is 0.471. The average molecular weight is 451 g/mol. The van der Waals surface area contributed by atoms with Gasteiger partial charge in [-0.05, 0) is 23.1 Å². The molecule has 0 spiro atoms. The number of hydrogen-bond donors (Lipinski definition) is 1. The number of benzene rings is 4. The van der Waals surface area contributed by atoms with Crippen LogP contribution in [0.5, 0.6) is 0 Å². The van der Waals surface area contributed by atoms with Gasteiger partial charge in [0.05, 0.1) is 5.92 Å². The van der Waals surface area contributed by atoms with Crippen LogP contribution < -0.4 is 0 Å². The fraction of sp³-hybridized carbons (Fsp3) is 0.167. The molecule has 0 aliphatic carbocycles. The van der Waals surface area contributed by atoms with E-state index in [9.17, 15) is 9.90 Å². The molecule has 33 heavy (non-hydrogen) atoms. The maximum absolute atomic E-state index is 14.0. The van der Waals surface area contributed by atoms with Crippen LogP contribution in [0.3, 0.4) is 0 Å². The molecule has 0 radical (unpaired) electrons. The molecule has 1 aliphatic heterocycles. The molecular weight excluding hydrogens is 424 g/mol. The van der Waals surface area contributed by atoms with Gasteiger partial charge < -0.3 is 5.11 Å². The summed E-state index contributed by atoms with van der Waals surface area (Å²) in [6, 6.07) is 39.6. The van der Waals surface area contributed by atoms with Crippen molar-refractivity contribution in [2.75, 3.05) is 0 Å². The molecule has 0 amide bonds. The molecule has 2 nitrogen and oxygen atoms in total. The maximum Gasteiger partial charge on any atom is 0.170 e. The van der Waals surface area contributed by atoms with Crippen molar-refractivity contribution >= 4 is 17.5 Å². The number of Topliss-reactive ketones (excluding diaryl/α,β-unsaturated/α-hetero) is 1. The highest BCUT2D eigenvalue weighted by Crippen LogP contribution is 2.60. The summed E-state index contributed by atoms with van der Waals surface area (Å²) in [5.41, 5.74) is 2.36. The summed E-state index contributed by atoms with van der Waals surface area (Å²) in [7, 11) is 0. The standard InChI is InChI=1S/C30H26O2S/c31-28(23-15-7-2-8-16-23)27-29(24-17-9-3-10-18-24)33-26(22-13-5-1-6-14-22)21-30(27,32)25-19-11-4-12-20-25/h1-20,26-27,29,32H,21H2/t26-,27-,29+,30-/m1/s1. The van der Waals surface area contributed by atoms with E-state index in [1.165, 1.54) is 5.56 Å². The Labute approximate surface area is 199 Å². The maximum atomic E-state index is 14.0. The van der Waals surface area contributed by atoms with Gasteiger partial charge in [-0.1, -0.05) is 121 Å². The SMILES string of the molecule is O=C(c1ccccc1)[C@@H]1[C@H](c2ccccc2)S[C@@H](c2ccccc2)C[C@@]1(O)c1ccccc1. The van der Waals surface area contributed by atoms with Crippen molar-refractivity contribution in [3.63, 3.8) is 0 Å². The molecule has 1 saturated heterocycles. The number of thioether (sulfide) groups is 1. The smallest absolute Gasteiger partial charge is 0.170 e. The van der Waals surface area contributed by atoms with Crippen LogP contribution in [0, 0.1) is 5.92 Å². The van der Waals surface area contributed by atoms with Crippen LogP contribution in [0.25, 0.3) is 0 Å². The molecule has 1 N–H and O–H groups in total. The van der Waals surface area contributed by atoms with Crippen molar-refractivity contribution < 1.29 is 9.90 Å². The minimum atomic E-state index is -1.31. The summed E-state index contributed by atoms with van der Waals surface area (Å²) in [5, 5.41) is 12.3. The first-order valence-electron chi connectivity index (χ1n) is 11.3. The van der Waals surface area contributed by atoms with Gasteiger partial charge in [0, 0.05) is 16.1 Å². The number of rotatable bonds is 5. The first-order chi connectivity index (χ1) is 16.2. The number of hydrogen-bond acceptors (Lipinski definition) is 3. The van der Waals surface area contributed by atoms with Crippen LogP contribution in [-0.4, -0.2) is 10.9 Å². The first-order valence-corrected chi connectivity index (χ1v) is 12.2. The molecule has 4 aromatic rings. The summed E-state index contributed by atoms with van der Waals surface area (Å²) >= 11 is 1.78. The van der Waals surface area contributed by atoms with Gasteiger partial charge in [-0.2, -0.15) is 0 Å². The van der Waals surface area contributed by atoms with E-state index in [1.807, 2.05) is 97.1 Å². The van der Waals surface area contributed by atoms with Crippen molar-refractivity contribution in [2.24, 2.45) is 5.92 Å². The molecule has 0 aromatic heterocycles. The minimum Gasteiger partial charge on any atom is -0.384 e. The van der Waals surface area contributed by atoms with Crippen LogP contribution in [0.1, 0.15) is 44.0 Å². The van der Waals surface area contributed by atoms with Gasteiger partial charge in [-0.15, -0.1) is 11.8 Å². The van der Waals surface area contributed by atoms with Gasteiger partial charge >= 0.3 is 0 Å². The van der Waals surface area contributed by atoms with E-state index in [-0.39, 0.29) is 16.3 Å². The monoisotopic (exact) mass is 450 g/mol. The zero-order valence-electron chi connectivity index (χ0n) is 18.2. The second-order valence-electron chi connectivity index (χ2n) is 8.57. The Balaban J connectivity index is 1.69. The zero-order chi connectivity index (χ0) is 22.7. The lowest BCUT2D eigenvalue weighted by Gasteiger charge is -2.47. The molecule has 1 aliphatic rings. The minimum absolute atomic E-state index is 0.0187. The largest absolute Gasteiger partial charge is 0.384 e. The molecule has 1 heterocycles. The van der Waals surface area contributed by atoms with Crippen molar-refractivity contribution in [3.05, 3.63) is 144 Å². The second-order valence-corrected chi connectivity index (χ2v) is 9.92. The number of carbonyl (C=O) groups is 1. The van der Waals surface area contributed by atoms with E-state index in [2.05, 4.69) is 24.3 Å². The molecule has 5 rings (SSSR count). The fourth-order valence-corrected chi connectivity index (χ4v) is 6.74. The van der Waals surface area contributed by atoms with Crippen molar-refractivity contribution in [1.29, 1.82) is 0 Å². The van der Waals surface area contributed by atoms with E-state index in [1.54, 1.807) is 11.8 Å². The van der Waals surface area contributed by atoms with Gasteiger partial charge in [-0.25, -0.2) is 0 Å². The van der Waals surface area contributed by atoms with E-state index >= 15 is 0 Å². The van der Waals surface area contributed by atoms with E-state index in [0.29, 0.717) is 12.0 Å². The normalized spacial score (nSPS) is 24.8. The molecule has 1 fully saturated rings. The molecule has 0 unspecified atom stereocenters. The van der Waals surface area contributed by atoms with Crippen molar-refractivity contribution in [1.82, 2.24) is 0 Å². The van der Waals surface area contributed by atoms with Crippen LogP contribution in [-0.2, 0) is 5.60 Å². The highest BCUT2D eigenvalue weighted by molar-refractivity contribution is 7.99. The molecule has 164 valence electrons. The Bertz CT molecular complexity index is 1200. The average Bonchev–Trinajstić information content (AvgIpc) is 2.90. The summed E-state index contributed by atoms with van der Waals surface area (Å²) in [6.45, 7) is 0. The first kappa shape index (κ1) is 21.7. The Morgan fingerprint density at radius 3 is 1.76 bits per heavy atom. The number of ketones is 1. The Kier molecular flexibility index (Phi) is 6.17. The quantitative estimate of drug-likeness (QED) is 0.333. The van der Waals surface area contributed by atoms with Gasteiger partial charge in [0.25, 0.3) is 0 Å². The fourth-order valence-electron chi connectivity index (χ4n) is 4.90. The van der Waals surface area contributed by atoms with Crippen molar-refractivity contribution in [3.8, 4) is 0 Å². The lowest BCUT2D eigenvalue weighted by Crippen LogP contribution is -2.46. The van der Waals surface area contributed by atoms with Crippen molar-refractivity contribution in [2.45, 2.75) is 22.5 Å². The highest BCUT2D eigenvalue weighted by Gasteiger charge is 2.53. The summed E-state index contributed by atoms with van der Waals surface area (Å²) < 4.78 is 0. The molecule has 0 saturated carbocycles. The predicted molar refractivity (Wildman–Crippen MR) is 135 cm³/mol. The van der Waals surface area contributed by atoms with E-state index < -0.39 is 11.5 Å². The van der Waals surface area contributed by atoms with Gasteiger partial charge in [-0.3, -0.25) is 4.79 Å². The molecule has 4 atom stereocenters. The third kappa shape index (κ3) is 4.27. The topological polar surface area (TPSA) is 37.3 Å². The number of carbonyl (C=O) groups excluding carboxylic acids is 1. The lowest BCUT2D eigenvalue weighted by atomic mass is 9.70. The van der Waals surface area contributed by atoms with Gasteiger partial charge in [0.2, 0.25) is 0 Å². The zero-order valence-corrected chi connectivity index (χ0v) is 19.1. The molecule has 4 aromatic carbocycles. The third-order valence-corrected chi connectivity index (χ3v) is 8.14. The van der Waals surface area contributed by atoms with E-state index in [0.717, 1.165) is 11.1 Å². The van der Waals surface area contributed by atoms with Crippen LogP contribution in [0.15, 0.2) is 121 Å². The van der Waals surface area contributed by atoms with Crippen LogP contribution in [0.4, 0.5) is 0 Å². The van der Waals surface area contributed by atoms with Crippen LogP contribution >= 0.6 is 11.8 Å². The molecule has 3 heteroatoms. The predicted octanol–water partition coefficient (Wildman–Crippen LogP) is 6.99. The Morgan fingerprint density at radius 1 is 0.697 bits per heavy atom. The number of aliphatic hydroxyl groups is 1. The third-order valence-electron chi connectivity index (χ3n) is 6.54. The summed E-state index contributed by atoms with van der Waals surface area (Å²) in [4.78, 5) is 14.0.